The molecule has 0 saturated heterocycles. The van der Waals surface area contributed by atoms with Gasteiger partial charge in [-0.3, -0.25) is 9.78 Å². The summed E-state index contributed by atoms with van der Waals surface area (Å²) < 4.78 is 0. The minimum Gasteiger partial charge on any atom is -0.330 e. The molecule has 0 aliphatic rings. The normalized spacial score (nSPS) is 10.5. The zero-order valence-corrected chi connectivity index (χ0v) is 15.4. The highest BCUT2D eigenvalue weighted by molar-refractivity contribution is 5.94. The minimum absolute atomic E-state index is 0.0390. The summed E-state index contributed by atoms with van der Waals surface area (Å²) >= 11 is 0. The number of aryl methyl sites for hydroxylation is 2. The van der Waals surface area contributed by atoms with Gasteiger partial charge >= 0.3 is 0 Å². The van der Waals surface area contributed by atoms with E-state index < -0.39 is 0 Å². The fourth-order valence-corrected chi connectivity index (χ4v) is 2.97. The van der Waals surface area contributed by atoms with Crippen LogP contribution in [-0.4, -0.2) is 15.8 Å². The molecule has 1 amide bonds. The molecule has 0 aliphatic carbocycles. The van der Waals surface area contributed by atoms with Gasteiger partial charge in [-0.05, 0) is 48.2 Å². The first-order chi connectivity index (χ1) is 12.7. The van der Waals surface area contributed by atoms with Crippen LogP contribution in [-0.2, 0) is 19.5 Å². The Kier molecular flexibility index (Phi) is 5.80. The topological polar surface area (TPSA) is 33.2 Å². The molecule has 3 heteroatoms. The van der Waals surface area contributed by atoms with E-state index in [1.165, 1.54) is 5.56 Å². The van der Waals surface area contributed by atoms with Gasteiger partial charge in [-0.25, -0.2) is 0 Å². The summed E-state index contributed by atoms with van der Waals surface area (Å²) in [6, 6.07) is 20.2. The summed E-state index contributed by atoms with van der Waals surface area (Å²) in [5.41, 5.74) is 5.27. The zero-order chi connectivity index (χ0) is 18.4. The number of pyridine rings is 1. The highest BCUT2D eigenvalue weighted by atomic mass is 16.2. The third-order valence-corrected chi connectivity index (χ3v) is 4.45. The predicted molar refractivity (Wildman–Crippen MR) is 105 cm³/mol. The highest BCUT2D eigenvalue weighted by Gasteiger charge is 2.17. The highest BCUT2D eigenvalue weighted by Crippen LogP contribution is 2.16. The van der Waals surface area contributed by atoms with Gasteiger partial charge in [-0.2, -0.15) is 0 Å². The average Bonchev–Trinajstić information content (AvgIpc) is 2.68. The first kappa shape index (κ1) is 17.9. The number of amides is 1. The molecule has 3 aromatic rings. The number of nitrogens with zero attached hydrogens (tertiary/aromatic N) is 2. The summed E-state index contributed by atoms with van der Waals surface area (Å²) in [6.45, 7) is 5.26. The predicted octanol–water partition coefficient (Wildman–Crippen LogP) is 4.80. The monoisotopic (exact) mass is 344 g/mol. The van der Waals surface area contributed by atoms with Crippen LogP contribution in [0.1, 0.15) is 39.5 Å². The van der Waals surface area contributed by atoms with Gasteiger partial charge in [-0.15, -0.1) is 0 Å². The lowest BCUT2D eigenvalue weighted by molar-refractivity contribution is 0.0730. The van der Waals surface area contributed by atoms with Crippen molar-refractivity contribution in [2.45, 2.75) is 33.4 Å². The van der Waals surface area contributed by atoms with Crippen molar-refractivity contribution in [3.05, 3.63) is 101 Å². The number of rotatable bonds is 6. The van der Waals surface area contributed by atoms with E-state index in [1.807, 2.05) is 54.4 Å². The summed E-state index contributed by atoms with van der Waals surface area (Å²) in [5, 5.41) is 0. The van der Waals surface area contributed by atoms with Crippen molar-refractivity contribution in [3.8, 4) is 0 Å². The van der Waals surface area contributed by atoms with Crippen LogP contribution in [0.5, 0.6) is 0 Å². The van der Waals surface area contributed by atoms with E-state index in [9.17, 15) is 4.79 Å². The Morgan fingerprint density at radius 2 is 1.65 bits per heavy atom. The first-order valence-electron chi connectivity index (χ1n) is 8.98. The summed E-state index contributed by atoms with van der Waals surface area (Å²) in [6.07, 6.45) is 4.58. The number of carbonyl (C=O) groups is 1. The molecule has 1 heterocycles. The fraction of sp³-hybridized carbons (Fsp3) is 0.217. The van der Waals surface area contributed by atoms with E-state index >= 15 is 0 Å². The van der Waals surface area contributed by atoms with Gasteiger partial charge in [0.25, 0.3) is 5.91 Å². The molecule has 1 aromatic heterocycles. The summed E-state index contributed by atoms with van der Waals surface area (Å²) in [5.74, 6) is 0.0390. The molecule has 132 valence electrons. The van der Waals surface area contributed by atoms with E-state index in [4.69, 9.17) is 0 Å². The van der Waals surface area contributed by atoms with Crippen LogP contribution in [0.3, 0.4) is 0 Å². The molecule has 26 heavy (non-hydrogen) atoms. The second-order valence-corrected chi connectivity index (χ2v) is 6.56. The summed E-state index contributed by atoms with van der Waals surface area (Å²) in [7, 11) is 0. The van der Waals surface area contributed by atoms with Crippen molar-refractivity contribution in [2.75, 3.05) is 0 Å². The lowest BCUT2D eigenvalue weighted by Crippen LogP contribution is -2.30. The maximum Gasteiger partial charge on any atom is 0.254 e. The molecule has 0 radical (unpaired) electrons. The maximum atomic E-state index is 13.1. The summed E-state index contributed by atoms with van der Waals surface area (Å²) in [4.78, 5) is 19.2. The molecule has 0 saturated carbocycles. The van der Waals surface area contributed by atoms with Crippen molar-refractivity contribution in [2.24, 2.45) is 0 Å². The Bertz CT molecular complexity index is 857. The molecule has 0 aliphatic heterocycles. The smallest absolute Gasteiger partial charge is 0.254 e. The first-order valence-corrected chi connectivity index (χ1v) is 8.98. The van der Waals surface area contributed by atoms with Crippen LogP contribution in [0.2, 0.25) is 0 Å². The molecule has 0 unspecified atom stereocenters. The van der Waals surface area contributed by atoms with Gasteiger partial charge in [0.15, 0.2) is 0 Å². The van der Waals surface area contributed by atoms with Crippen LogP contribution in [0.15, 0.2) is 73.1 Å². The number of aromatic nitrogens is 1. The van der Waals surface area contributed by atoms with Crippen molar-refractivity contribution in [1.29, 1.82) is 0 Å². The van der Waals surface area contributed by atoms with Crippen LogP contribution < -0.4 is 0 Å². The molecule has 2 aromatic carbocycles. The number of hydrogen-bond donors (Lipinski definition) is 0. The number of benzene rings is 2. The zero-order valence-electron chi connectivity index (χ0n) is 15.4. The van der Waals surface area contributed by atoms with Crippen molar-refractivity contribution in [3.63, 3.8) is 0 Å². The van der Waals surface area contributed by atoms with Crippen LogP contribution in [0.4, 0.5) is 0 Å². The Morgan fingerprint density at radius 3 is 2.31 bits per heavy atom. The average molecular weight is 344 g/mol. The van der Waals surface area contributed by atoms with Crippen LogP contribution >= 0.6 is 0 Å². The Morgan fingerprint density at radius 1 is 0.923 bits per heavy atom. The van der Waals surface area contributed by atoms with E-state index in [-0.39, 0.29) is 5.91 Å². The molecule has 0 bridgehead atoms. The molecule has 0 spiro atoms. The van der Waals surface area contributed by atoms with E-state index in [0.29, 0.717) is 13.1 Å². The van der Waals surface area contributed by atoms with Crippen LogP contribution in [0, 0.1) is 6.92 Å². The third-order valence-electron chi connectivity index (χ3n) is 4.45. The second kappa shape index (κ2) is 8.43. The Labute approximate surface area is 155 Å². The second-order valence-electron chi connectivity index (χ2n) is 6.56. The van der Waals surface area contributed by atoms with Crippen molar-refractivity contribution < 1.29 is 4.79 Å². The SMILES string of the molecule is CCc1ccc(CN(Cc2cccnc2)C(=O)c2cccc(C)c2)cc1. The van der Waals surface area contributed by atoms with Gasteiger partial charge in [0.2, 0.25) is 0 Å². The number of hydrogen-bond acceptors (Lipinski definition) is 2. The molecular weight excluding hydrogens is 320 g/mol. The molecule has 0 N–H and O–H groups in total. The molecule has 0 fully saturated rings. The molecule has 3 nitrogen and oxygen atoms in total. The Hall–Kier alpha value is -2.94. The largest absolute Gasteiger partial charge is 0.330 e. The lowest BCUT2D eigenvalue weighted by Gasteiger charge is -2.23. The van der Waals surface area contributed by atoms with Crippen LogP contribution in [0.25, 0.3) is 0 Å². The molecule has 3 rings (SSSR count). The van der Waals surface area contributed by atoms with Gasteiger partial charge < -0.3 is 4.90 Å². The number of carbonyl (C=O) groups excluding carboxylic acids is 1. The van der Waals surface area contributed by atoms with Crippen molar-refractivity contribution >= 4 is 5.91 Å². The van der Waals surface area contributed by atoms with Gasteiger partial charge in [0, 0.05) is 31.0 Å². The van der Waals surface area contributed by atoms with Gasteiger partial charge in [0.1, 0.15) is 0 Å². The van der Waals surface area contributed by atoms with E-state index in [0.717, 1.165) is 28.7 Å². The Balaban J connectivity index is 1.86. The third kappa shape index (κ3) is 4.57. The molecule has 0 atom stereocenters. The van der Waals surface area contributed by atoms with E-state index in [2.05, 4.69) is 36.2 Å². The van der Waals surface area contributed by atoms with Crippen molar-refractivity contribution in [1.82, 2.24) is 9.88 Å². The molecular formula is C23H24N2O. The van der Waals surface area contributed by atoms with Gasteiger partial charge in [0.05, 0.1) is 0 Å². The van der Waals surface area contributed by atoms with Gasteiger partial charge in [-0.1, -0.05) is 55.0 Å². The van der Waals surface area contributed by atoms with E-state index in [1.54, 1.807) is 6.20 Å². The standard InChI is InChI=1S/C23H24N2O/c1-3-19-9-11-20(12-10-19)16-25(17-21-7-5-13-24-15-21)23(26)22-8-4-6-18(2)14-22/h4-15H,3,16-17H2,1-2H3. The maximum absolute atomic E-state index is 13.1. The minimum atomic E-state index is 0.0390. The fourth-order valence-electron chi connectivity index (χ4n) is 2.97. The quantitative estimate of drug-likeness (QED) is 0.644. The lowest BCUT2D eigenvalue weighted by atomic mass is 10.1.